The van der Waals surface area contributed by atoms with Crippen LogP contribution in [0, 0.1) is 5.92 Å². The lowest BCUT2D eigenvalue weighted by Crippen LogP contribution is -2.47. The van der Waals surface area contributed by atoms with E-state index in [1.807, 2.05) is 6.07 Å². The van der Waals surface area contributed by atoms with Gasteiger partial charge in [0.15, 0.2) is 11.2 Å². The molecule has 0 radical (unpaired) electrons. The van der Waals surface area contributed by atoms with Crippen LogP contribution in [0.15, 0.2) is 41.5 Å². The number of aromatic nitrogens is 4. The van der Waals surface area contributed by atoms with Gasteiger partial charge in [0.25, 0.3) is 5.56 Å². The van der Waals surface area contributed by atoms with E-state index in [1.54, 1.807) is 38.1 Å². The van der Waals surface area contributed by atoms with Crippen molar-refractivity contribution in [2.45, 2.75) is 174 Å². The van der Waals surface area contributed by atoms with Crippen LogP contribution in [0.3, 0.4) is 0 Å². The molecule has 1 saturated heterocycles. The van der Waals surface area contributed by atoms with Gasteiger partial charge in [0, 0.05) is 12.8 Å². The number of nitrogen functional groups attached to an aromatic ring is 1. The molecule has 4 N–H and O–H groups in total. The average Bonchev–Trinajstić information content (AvgIpc) is 3.84. The number of nitrogens with one attached hydrogen (secondary N) is 2. The highest BCUT2D eigenvalue weighted by Gasteiger charge is 2.39. The van der Waals surface area contributed by atoms with Gasteiger partial charge in [0.05, 0.1) is 12.7 Å². The van der Waals surface area contributed by atoms with Gasteiger partial charge in [0.1, 0.15) is 50.5 Å². The Morgan fingerprint density at radius 1 is 0.903 bits per heavy atom. The van der Waals surface area contributed by atoms with Crippen molar-refractivity contribution >= 4 is 41.1 Å². The Hall–Kier alpha value is -5.06. The summed E-state index contributed by atoms with van der Waals surface area (Å²) in [6.07, 6.45) is 12.9. The lowest BCUT2D eigenvalue weighted by molar-refractivity contribution is -0.167. The van der Waals surface area contributed by atoms with E-state index in [2.05, 4.69) is 27.2 Å². The lowest BCUT2D eigenvalue weighted by Gasteiger charge is -2.24. The minimum absolute atomic E-state index is 0.00294. The van der Waals surface area contributed by atoms with Crippen molar-refractivity contribution in [1.82, 2.24) is 24.8 Å². The molecule has 5 atom stereocenters. The number of rotatable bonds is 29. The molecule has 0 bridgehead atoms. The SMILES string of the molecule is CCCCCCCCCCCCCCCCCC(=O)OCC(CC(=O)OC[C@H]1O[C@@H](n2cnc3c(=O)[nH]c(N)nc32)CC1F)OC(=O)[C@@H](NC(=O)OCc1ccccc1)C(C)C. The first-order valence-corrected chi connectivity index (χ1v) is 22.5. The first kappa shape index (κ1) is 49.6. The number of esters is 3. The minimum atomic E-state index is -1.56. The first-order valence-electron chi connectivity index (χ1n) is 22.5. The zero-order valence-corrected chi connectivity index (χ0v) is 36.7. The molecule has 1 aromatic carbocycles. The highest BCUT2D eigenvalue weighted by molar-refractivity contribution is 5.82. The van der Waals surface area contributed by atoms with Crippen LogP contribution in [0.1, 0.15) is 148 Å². The molecule has 1 fully saturated rings. The normalized spacial score (nSPS) is 17.1. The molecule has 2 aromatic heterocycles. The van der Waals surface area contributed by atoms with E-state index < -0.39 is 85.8 Å². The molecule has 1 aliphatic heterocycles. The predicted molar refractivity (Wildman–Crippen MR) is 230 cm³/mol. The standard InChI is InChI=1S/C45H67FN6O10/c1-4-5-6-7-8-9-10-11-12-13-14-15-16-17-21-24-37(53)58-28-33(61-43(56)39(31(2)3)49-45(57)60-27-32-22-19-18-20-23-32)25-38(54)59-29-35-34(46)26-36(62-35)52-30-48-40-41(52)50-44(47)51-42(40)55/h18-20,22-23,30-31,33-36,39H,4-17,21,24-29H2,1-3H3,(H,49,57)(H3,47,50,51,55)/t33?,34?,35-,36-,39+/m1/s1. The number of nitrogens with two attached hydrogens (primary N) is 1. The number of carbonyl (C=O) groups excluding carboxylic acids is 4. The van der Waals surface area contributed by atoms with Crippen molar-refractivity contribution < 1.29 is 47.3 Å². The Morgan fingerprint density at radius 3 is 2.16 bits per heavy atom. The van der Waals surface area contributed by atoms with Gasteiger partial charge < -0.3 is 34.7 Å². The van der Waals surface area contributed by atoms with Gasteiger partial charge in [-0.15, -0.1) is 0 Å². The van der Waals surface area contributed by atoms with E-state index in [-0.39, 0.29) is 36.6 Å². The summed E-state index contributed by atoms with van der Waals surface area (Å²) in [5, 5.41) is 2.53. The Bertz CT molecular complexity index is 1870. The summed E-state index contributed by atoms with van der Waals surface area (Å²) in [6.45, 7) is 4.68. The fourth-order valence-electron chi connectivity index (χ4n) is 7.24. The zero-order chi connectivity index (χ0) is 44.7. The summed E-state index contributed by atoms with van der Waals surface area (Å²) in [5.74, 6) is -2.84. The second-order valence-electron chi connectivity index (χ2n) is 16.4. The minimum Gasteiger partial charge on any atom is -0.463 e. The number of nitrogens with zero attached hydrogens (tertiary/aromatic N) is 3. The zero-order valence-electron chi connectivity index (χ0n) is 36.7. The molecule has 0 spiro atoms. The smallest absolute Gasteiger partial charge is 0.408 e. The van der Waals surface area contributed by atoms with Gasteiger partial charge >= 0.3 is 24.0 Å². The van der Waals surface area contributed by atoms with Crippen LogP contribution in [0.25, 0.3) is 11.2 Å². The third-order valence-corrected chi connectivity index (χ3v) is 10.8. The summed E-state index contributed by atoms with van der Waals surface area (Å²) >= 11 is 0. The van der Waals surface area contributed by atoms with Crippen molar-refractivity contribution in [3.05, 3.63) is 52.6 Å². The van der Waals surface area contributed by atoms with Crippen molar-refractivity contribution in [3.8, 4) is 0 Å². The Kier molecular flexibility index (Phi) is 21.7. The maximum absolute atomic E-state index is 15.2. The molecule has 2 unspecified atom stereocenters. The van der Waals surface area contributed by atoms with Crippen LogP contribution in [0.4, 0.5) is 15.1 Å². The molecule has 0 aliphatic carbocycles. The fraction of sp³-hybridized carbons (Fsp3) is 0.667. The molecule has 17 heteroatoms. The number of halogens is 1. The molecule has 4 rings (SSSR count). The van der Waals surface area contributed by atoms with E-state index in [9.17, 15) is 24.0 Å². The molecule has 0 saturated carbocycles. The van der Waals surface area contributed by atoms with Crippen molar-refractivity contribution in [1.29, 1.82) is 0 Å². The second kappa shape index (κ2) is 27.1. The van der Waals surface area contributed by atoms with Gasteiger partial charge in [-0.05, 0) is 17.9 Å². The van der Waals surface area contributed by atoms with Crippen LogP contribution in [-0.2, 0) is 44.7 Å². The van der Waals surface area contributed by atoms with Crippen LogP contribution in [-0.4, -0.2) is 81.2 Å². The Morgan fingerprint density at radius 2 is 1.53 bits per heavy atom. The molecule has 16 nitrogen and oxygen atoms in total. The van der Waals surface area contributed by atoms with Crippen LogP contribution in [0.2, 0.25) is 0 Å². The topological polar surface area (TPSA) is 216 Å². The van der Waals surface area contributed by atoms with E-state index >= 15 is 4.39 Å². The van der Waals surface area contributed by atoms with E-state index in [0.717, 1.165) is 24.8 Å². The van der Waals surface area contributed by atoms with Crippen molar-refractivity contribution in [2.24, 2.45) is 5.92 Å². The molecular weight excluding hydrogens is 804 g/mol. The van der Waals surface area contributed by atoms with Crippen LogP contribution >= 0.6 is 0 Å². The summed E-state index contributed by atoms with van der Waals surface area (Å²) in [5.41, 5.74) is 5.99. The van der Waals surface area contributed by atoms with E-state index in [1.165, 1.54) is 81.5 Å². The highest BCUT2D eigenvalue weighted by Crippen LogP contribution is 2.32. The number of H-pyrrole nitrogens is 1. The number of fused-ring (bicyclic) bond motifs is 1. The number of anilines is 1. The van der Waals surface area contributed by atoms with Crippen molar-refractivity contribution in [3.63, 3.8) is 0 Å². The first-order chi connectivity index (χ1) is 29.9. The number of alkyl halides is 1. The number of carbonyl (C=O) groups is 4. The van der Waals surface area contributed by atoms with Gasteiger partial charge in [0.2, 0.25) is 5.95 Å². The number of hydrogen-bond acceptors (Lipinski definition) is 13. The third kappa shape index (κ3) is 17.4. The largest absolute Gasteiger partial charge is 0.463 e. The van der Waals surface area contributed by atoms with Crippen LogP contribution in [0.5, 0.6) is 0 Å². The number of aromatic amines is 1. The summed E-state index contributed by atoms with van der Waals surface area (Å²) in [6, 6.07) is 7.85. The maximum atomic E-state index is 15.2. The Labute approximate surface area is 363 Å². The molecule has 344 valence electrons. The maximum Gasteiger partial charge on any atom is 0.408 e. The summed E-state index contributed by atoms with van der Waals surface area (Å²) in [7, 11) is 0. The molecule has 62 heavy (non-hydrogen) atoms. The quantitative estimate of drug-likeness (QED) is 0.0344. The van der Waals surface area contributed by atoms with Gasteiger partial charge in [-0.1, -0.05) is 141 Å². The Balaban J connectivity index is 1.24. The van der Waals surface area contributed by atoms with E-state index in [0.29, 0.717) is 6.42 Å². The number of amides is 1. The highest BCUT2D eigenvalue weighted by atomic mass is 19.1. The second-order valence-corrected chi connectivity index (χ2v) is 16.4. The number of alkyl carbamates (subject to hydrolysis) is 1. The molecule has 3 heterocycles. The monoisotopic (exact) mass is 870 g/mol. The van der Waals surface area contributed by atoms with Crippen molar-refractivity contribution in [2.75, 3.05) is 18.9 Å². The number of hydrogen-bond donors (Lipinski definition) is 3. The molecule has 1 aliphatic rings. The fourth-order valence-corrected chi connectivity index (χ4v) is 7.24. The molecule has 1 amide bonds. The lowest BCUT2D eigenvalue weighted by atomic mass is 10.0. The van der Waals surface area contributed by atoms with Crippen LogP contribution < -0.4 is 16.6 Å². The number of imidazole rings is 1. The van der Waals surface area contributed by atoms with Gasteiger partial charge in [-0.25, -0.2) is 19.0 Å². The van der Waals surface area contributed by atoms with Gasteiger partial charge in [-0.2, -0.15) is 4.98 Å². The van der Waals surface area contributed by atoms with E-state index in [4.69, 9.17) is 29.4 Å². The summed E-state index contributed by atoms with van der Waals surface area (Å²) in [4.78, 5) is 74.7. The number of unbranched alkanes of at least 4 members (excludes halogenated alkanes) is 14. The predicted octanol–water partition coefficient (Wildman–Crippen LogP) is 7.93. The third-order valence-electron chi connectivity index (χ3n) is 10.8. The van der Waals surface area contributed by atoms with Gasteiger partial charge in [-0.3, -0.25) is 23.9 Å². The number of ether oxygens (including phenoxy) is 5. The average molecular weight is 871 g/mol. The summed E-state index contributed by atoms with van der Waals surface area (Å²) < 4.78 is 44.2. The molecular formula is C45H67FN6O10. The molecule has 3 aromatic rings. The number of benzene rings is 1.